The molecule has 3 nitrogen and oxygen atoms in total. The van der Waals surface area contributed by atoms with Crippen molar-refractivity contribution >= 4 is 11.8 Å². The minimum absolute atomic E-state index is 0.0547. The lowest BCUT2D eigenvalue weighted by Gasteiger charge is -2.06. The van der Waals surface area contributed by atoms with Crippen LogP contribution in [0.15, 0.2) is 12.3 Å². The molecule has 0 aromatic carbocycles. The average molecular weight is 322 g/mol. The maximum atomic E-state index is 11.4. The van der Waals surface area contributed by atoms with Gasteiger partial charge in [-0.3, -0.25) is 14.5 Å². The quantitative estimate of drug-likeness (QED) is 0.302. The molecule has 2 amide bonds. The first kappa shape index (κ1) is 19.9. The molecule has 1 aliphatic rings. The van der Waals surface area contributed by atoms with Crippen LogP contribution in [-0.4, -0.2) is 16.7 Å². The van der Waals surface area contributed by atoms with E-state index in [2.05, 4.69) is 6.92 Å². The number of hydrogen-bond donors (Lipinski definition) is 0. The molecule has 0 N–H and O–H groups in total. The number of allylic oxidation sites excluding steroid dienone is 1. The van der Waals surface area contributed by atoms with E-state index < -0.39 is 0 Å². The van der Waals surface area contributed by atoms with Crippen LogP contribution >= 0.6 is 0 Å². The minimum atomic E-state index is -0.0547. The Hall–Kier alpha value is -1.12. The van der Waals surface area contributed by atoms with Crippen molar-refractivity contribution in [3.63, 3.8) is 0 Å². The summed E-state index contributed by atoms with van der Waals surface area (Å²) in [6.07, 6.45) is 21.6. The van der Waals surface area contributed by atoms with Crippen LogP contribution in [0.2, 0.25) is 0 Å². The van der Waals surface area contributed by atoms with Crippen molar-refractivity contribution < 1.29 is 9.59 Å². The van der Waals surface area contributed by atoms with Crippen LogP contribution in [0.5, 0.6) is 0 Å². The van der Waals surface area contributed by atoms with Gasteiger partial charge in [0.15, 0.2) is 0 Å². The molecule has 0 aromatic heterocycles. The van der Waals surface area contributed by atoms with E-state index in [4.69, 9.17) is 0 Å². The number of likely N-dealkylation sites (tertiary alicyclic amines) is 1. The first-order valence-electron chi connectivity index (χ1n) is 9.77. The third kappa shape index (κ3) is 9.58. The fourth-order valence-electron chi connectivity index (χ4n) is 3.04. The zero-order chi connectivity index (χ0) is 16.8. The molecule has 1 saturated heterocycles. The van der Waals surface area contributed by atoms with Crippen molar-refractivity contribution in [1.29, 1.82) is 0 Å². The highest BCUT2D eigenvalue weighted by Crippen LogP contribution is 2.14. The average Bonchev–Trinajstić information content (AvgIpc) is 2.86. The molecule has 0 unspecified atom stereocenters. The molecule has 0 aromatic rings. The molecule has 0 spiro atoms. The summed E-state index contributed by atoms with van der Waals surface area (Å²) in [5.74, 6) is -0.109. The number of nitrogens with zero attached hydrogens (tertiary/aromatic N) is 1. The van der Waals surface area contributed by atoms with E-state index in [1.807, 2.05) is 6.08 Å². The number of amides is 2. The number of unbranched alkanes of at least 4 members (excludes halogenated alkanes) is 12. The maximum absolute atomic E-state index is 11.4. The Labute approximate surface area is 142 Å². The van der Waals surface area contributed by atoms with E-state index >= 15 is 0 Å². The lowest BCUT2D eigenvalue weighted by atomic mass is 10.0. The first-order valence-corrected chi connectivity index (χ1v) is 9.77. The third-order valence-electron chi connectivity index (χ3n) is 4.57. The van der Waals surface area contributed by atoms with Crippen LogP contribution in [0.3, 0.4) is 0 Å². The molecular weight excluding hydrogens is 286 g/mol. The Balaban J connectivity index is 1.83. The van der Waals surface area contributed by atoms with Gasteiger partial charge in [-0.15, -0.1) is 0 Å². The van der Waals surface area contributed by atoms with Gasteiger partial charge in [-0.25, -0.2) is 0 Å². The summed E-state index contributed by atoms with van der Waals surface area (Å²) in [7, 11) is 0. The van der Waals surface area contributed by atoms with E-state index in [1.165, 1.54) is 75.5 Å². The highest BCUT2D eigenvalue weighted by molar-refractivity contribution is 6.02. The number of hydrogen-bond acceptors (Lipinski definition) is 2. The van der Waals surface area contributed by atoms with Gasteiger partial charge in [0.25, 0.3) is 0 Å². The van der Waals surface area contributed by atoms with Crippen LogP contribution in [-0.2, 0) is 9.59 Å². The van der Waals surface area contributed by atoms with Crippen LogP contribution in [0, 0.1) is 0 Å². The van der Waals surface area contributed by atoms with Gasteiger partial charge in [0.1, 0.15) is 0 Å². The normalized spacial score (nSPS) is 15.3. The Morgan fingerprint density at radius 3 is 1.65 bits per heavy atom. The second-order valence-corrected chi connectivity index (χ2v) is 6.72. The van der Waals surface area contributed by atoms with Gasteiger partial charge in [0.05, 0.1) is 0 Å². The fraction of sp³-hybridized carbons (Fsp3) is 0.800. The van der Waals surface area contributed by atoms with Gasteiger partial charge in [-0.1, -0.05) is 83.6 Å². The monoisotopic (exact) mass is 321 g/mol. The standard InChI is InChI=1S/C20H35NO2/c1-2-3-4-5-6-7-8-9-10-11-12-13-14-15-18-21-19(22)16-17-20(21)23/h15,18H,2-14,16-17H2,1H3. The lowest BCUT2D eigenvalue weighted by molar-refractivity contribution is -0.135. The molecule has 0 aliphatic carbocycles. The van der Waals surface area contributed by atoms with Crippen molar-refractivity contribution in [3.8, 4) is 0 Å². The molecule has 1 aliphatic heterocycles. The molecule has 3 heteroatoms. The lowest BCUT2D eigenvalue weighted by Crippen LogP contribution is -2.22. The van der Waals surface area contributed by atoms with Gasteiger partial charge >= 0.3 is 0 Å². The Morgan fingerprint density at radius 2 is 1.17 bits per heavy atom. The number of carbonyl (C=O) groups excluding carboxylic acids is 2. The zero-order valence-electron chi connectivity index (χ0n) is 15.0. The summed E-state index contributed by atoms with van der Waals surface area (Å²) in [6.45, 7) is 2.27. The molecule has 0 atom stereocenters. The van der Waals surface area contributed by atoms with Crippen LogP contribution in [0.4, 0.5) is 0 Å². The number of rotatable bonds is 14. The van der Waals surface area contributed by atoms with Crippen molar-refractivity contribution in [3.05, 3.63) is 12.3 Å². The minimum Gasteiger partial charge on any atom is -0.274 e. The van der Waals surface area contributed by atoms with Gasteiger partial charge in [0.2, 0.25) is 11.8 Å². The summed E-state index contributed by atoms with van der Waals surface area (Å²) in [5.41, 5.74) is 0. The molecule has 0 radical (unpaired) electrons. The predicted octanol–water partition coefficient (Wildman–Crippen LogP) is 5.74. The molecule has 23 heavy (non-hydrogen) atoms. The predicted molar refractivity (Wildman–Crippen MR) is 95.9 cm³/mol. The smallest absolute Gasteiger partial charge is 0.233 e. The Kier molecular flexibility index (Phi) is 11.5. The van der Waals surface area contributed by atoms with Gasteiger partial charge in [-0.05, 0) is 12.8 Å². The summed E-state index contributed by atoms with van der Waals surface area (Å²) >= 11 is 0. The largest absolute Gasteiger partial charge is 0.274 e. The molecule has 1 rings (SSSR count). The highest BCUT2D eigenvalue weighted by Gasteiger charge is 2.26. The summed E-state index contributed by atoms with van der Waals surface area (Å²) in [5, 5.41) is 0. The second kappa shape index (κ2) is 13.3. The van der Waals surface area contributed by atoms with Crippen LogP contribution in [0.25, 0.3) is 0 Å². The highest BCUT2D eigenvalue weighted by atomic mass is 16.2. The SMILES string of the molecule is CCCCCCCCCCCCCCC=CN1C(=O)CCC1=O. The van der Waals surface area contributed by atoms with E-state index in [0.29, 0.717) is 12.8 Å². The number of carbonyl (C=O) groups is 2. The molecular formula is C20H35NO2. The van der Waals surface area contributed by atoms with Crippen molar-refractivity contribution in [2.45, 2.75) is 103 Å². The fourth-order valence-corrected chi connectivity index (χ4v) is 3.04. The summed E-state index contributed by atoms with van der Waals surface area (Å²) in [4.78, 5) is 24.1. The molecule has 0 bridgehead atoms. The Morgan fingerprint density at radius 1 is 0.739 bits per heavy atom. The molecule has 132 valence electrons. The van der Waals surface area contributed by atoms with Crippen molar-refractivity contribution in [1.82, 2.24) is 4.90 Å². The molecule has 0 saturated carbocycles. The van der Waals surface area contributed by atoms with Crippen LogP contribution in [0.1, 0.15) is 103 Å². The van der Waals surface area contributed by atoms with Gasteiger partial charge in [0, 0.05) is 19.0 Å². The zero-order valence-corrected chi connectivity index (χ0v) is 15.0. The maximum Gasteiger partial charge on any atom is 0.233 e. The van der Waals surface area contributed by atoms with E-state index in [0.717, 1.165) is 12.8 Å². The molecule has 1 fully saturated rings. The number of imide groups is 1. The van der Waals surface area contributed by atoms with E-state index in [9.17, 15) is 9.59 Å². The van der Waals surface area contributed by atoms with E-state index in [1.54, 1.807) is 6.20 Å². The van der Waals surface area contributed by atoms with Crippen molar-refractivity contribution in [2.24, 2.45) is 0 Å². The van der Waals surface area contributed by atoms with E-state index in [-0.39, 0.29) is 11.8 Å². The molecule has 1 heterocycles. The van der Waals surface area contributed by atoms with Gasteiger partial charge < -0.3 is 0 Å². The van der Waals surface area contributed by atoms with Crippen molar-refractivity contribution in [2.75, 3.05) is 0 Å². The second-order valence-electron chi connectivity index (χ2n) is 6.72. The Bertz CT molecular complexity index is 347. The third-order valence-corrected chi connectivity index (χ3v) is 4.57. The summed E-state index contributed by atoms with van der Waals surface area (Å²) < 4.78 is 0. The van der Waals surface area contributed by atoms with Gasteiger partial charge in [-0.2, -0.15) is 0 Å². The topological polar surface area (TPSA) is 37.4 Å². The summed E-state index contributed by atoms with van der Waals surface area (Å²) in [6, 6.07) is 0. The first-order chi connectivity index (χ1) is 11.3. The van der Waals surface area contributed by atoms with Crippen LogP contribution < -0.4 is 0 Å².